The van der Waals surface area contributed by atoms with E-state index in [4.69, 9.17) is 0 Å². The first-order chi connectivity index (χ1) is 35.2. The van der Waals surface area contributed by atoms with E-state index in [1.54, 1.807) is 0 Å². The summed E-state index contributed by atoms with van der Waals surface area (Å²) in [6, 6.07) is 94.1. The molecule has 330 valence electrons. The molecule has 0 saturated carbocycles. The Morgan fingerprint density at radius 1 is 0.239 bits per heavy atom. The molecule has 0 bridgehead atoms. The van der Waals surface area contributed by atoms with Crippen LogP contribution in [0.25, 0.3) is 141 Å². The summed E-state index contributed by atoms with van der Waals surface area (Å²) < 4.78 is 7.58. The topological polar surface area (TPSA) is 9.86 Å². The van der Waals surface area contributed by atoms with Crippen LogP contribution in [0.15, 0.2) is 255 Å². The van der Waals surface area contributed by atoms with Crippen molar-refractivity contribution in [2.24, 2.45) is 0 Å². The lowest BCUT2D eigenvalue weighted by Crippen LogP contribution is -1.94. The van der Waals surface area contributed by atoms with E-state index in [9.17, 15) is 0 Å². The van der Waals surface area contributed by atoms with Crippen LogP contribution in [0.1, 0.15) is 0 Å². The Kier molecular flexibility index (Phi) is 8.86. The van der Waals surface area contributed by atoms with Crippen LogP contribution in [0.4, 0.5) is 0 Å². The van der Waals surface area contributed by atoms with Gasteiger partial charge in [-0.3, -0.25) is 0 Å². The Balaban J connectivity index is 0.969. The number of nitrogens with zero attached hydrogens (tertiary/aromatic N) is 2. The standard InChI is InChI=1S/C68H42N2S/c1-3-13-43(14-4-1)49-29-37-61-59(41-49)65-63(69(61)51-31-25-47(26-32-51)55-23-11-19-45-17-7-9-21-53(45)55)39-35-57-58-36-40-64-66(68(58)71-67(57)65)60-42-50(44-15-5-2-6-16-44)30-38-62(60)70(64)52-33-27-48(28-34-52)56-24-12-20-46-18-8-10-22-54(46)56/h1-42H. The third-order valence-electron chi connectivity index (χ3n) is 14.9. The fraction of sp³-hybridized carbons (Fsp3) is 0. The summed E-state index contributed by atoms with van der Waals surface area (Å²) in [5.74, 6) is 0. The van der Waals surface area contributed by atoms with Crippen molar-refractivity contribution in [3.05, 3.63) is 255 Å². The average Bonchev–Trinajstić information content (AvgIpc) is 4.11. The summed E-state index contributed by atoms with van der Waals surface area (Å²) in [7, 11) is 0. The second-order valence-electron chi connectivity index (χ2n) is 18.8. The second kappa shape index (κ2) is 15.8. The molecule has 0 radical (unpaired) electrons. The molecular formula is C68H42N2S. The molecule has 15 rings (SSSR count). The van der Waals surface area contributed by atoms with E-state index in [0.717, 1.165) is 11.4 Å². The van der Waals surface area contributed by atoms with Crippen molar-refractivity contribution < 1.29 is 0 Å². The first kappa shape index (κ1) is 39.9. The summed E-state index contributed by atoms with van der Waals surface area (Å²) in [4.78, 5) is 0. The highest BCUT2D eigenvalue weighted by atomic mass is 32.1. The molecule has 0 N–H and O–H groups in total. The van der Waals surface area contributed by atoms with E-state index < -0.39 is 0 Å². The summed E-state index contributed by atoms with van der Waals surface area (Å²) in [6.45, 7) is 0. The van der Waals surface area contributed by atoms with Crippen LogP contribution in [0.5, 0.6) is 0 Å². The maximum Gasteiger partial charge on any atom is 0.0555 e. The Morgan fingerprint density at radius 2 is 0.620 bits per heavy atom. The summed E-state index contributed by atoms with van der Waals surface area (Å²) >= 11 is 1.95. The van der Waals surface area contributed by atoms with E-state index >= 15 is 0 Å². The van der Waals surface area contributed by atoms with Gasteiger partial charge in [-0.05, 0) is 127 Å². The van der Waals surface area contributed by atoms with E-state index in [1.165, 1.54) is 130 Å². The zero-order chi connectivity index (χ0) is 46.6. The molecule has 0 spiro atoms. The van der Waals surface area contributed by atoms with Gasteiger partial charge in [0, 0.05) is 53.1 Å². The normalized spacial score (nSPS) is 11.9. The molecule has 71 heavy (non-hydrogen) atoms. The lowest BCUT2D eigenvalue weighted by molar-refractivity contribution is 1.18. The Bertz CT molecular complexity index is 4290. The molecule has 0 fully saturated rings. The maximum atomic E-state index is 2.48. The van der Waals surface area contributed by atoms with Gasteiger partial charge in [-0.2, -0.15) is 0 Å². The van der Waals surface area contributed by atoms with Crippen LogP contribution >= 0.6 is 11.3 Å². The van der Waals surface area contributed by atoms with Gasteiger partial charge in [0.2, 0.25) is 0 Å². The van der Waals surface area contributed by atoms with Crippen molar-refractivity contribution in [1.82, 2.24) is 9.13 Å². The monoisotopic (exact) mass is 918 g/mol. The maximum absolute atomic E-state index is 2.48. The minimum absolute atomic E-state index is 1.15. The van der Waals surface area contributed by atoms with Crippen LogP contribution in [0, 0.1) is 0 Å². The van der Waals surface area contributed by atoms with Gasteiger partial charge < -0.3 is 9.13 Å². The van der Waals surface area contributed by atoms with Crippen molar-refractivity contribution in [2.45, 2.75) is 0 Å². The number of aromatic nitrogens is 2. The summed E-state index contributed by atoms with van der Waals surface area (Å²) in [6.07, 6.45) is 0. The van der Waals surface area contributed by atoms with Gasteiger partial charge in [0.25, 0.3) is 0 Å². The molecule has 3 heterocycles. The van der Waals surface area contributed by atoms with E-state index in [-0.39, 0.29) is 0 Å². The molecule has 0 unspecified atom stereocenters. The SMILES string of the molecule is c1ccc(-c2ccc3c(c2)c2c4sc5c(ccc6c5c5cc(-c7ccccc7)ccc5n6-c5ccc(-c6cccc7ccccc67)cc5)c4ccc2n3-c2ccc(-c3cccc4ccccc34)cc2)cc1. The molecule has 0 amide bonds. The molecule has 2 nitrogen and oxygen atoms in total. The predicted molar refractivity (Wildman–Crippen MR) is 305 cm³/mol. The third kappa shape index (κ3) is 6.20. The Morgan fingerprint density at radius 3 is 1.07 bits per heavy atom. The van der Waals surface area contributed by atoms with E-state index in [0.29, 0.717) is 0 Å². The number of rotatable bonds is 6. The lowest BCUT2D eigenvalue weighted by Gasteiger charge is -2.11. The predicted octanol–water partition coefficient (Wildman–Crippen LogP) is 19.2. The Labute approximate surface area is 414 Å². The van der Waals surface area contributed by atoms with Crippen molar-refractivity contribution >= 4 is 96.7 Å². The highest BCUT2D eigenvalue weighted by Gasteiger charge is 2.23. The van der Waals surface area contributed by atoms with E-state index in [2.05, 4.69) is 264 Å². The number of fused-ring (bicyclic) bond motifs is 13. The fourth-order valence-electron chi connectivity index (χ4n) is 11.6. The van der Waals surface area contributed by atoms with Gasteiger partial charge in [0.1, 0.15) is 0 Å². The smallest absolute Gasteiger partial charge is 0.0555 e. The van der Waals surface area contributed by atoms with Crippen LogP contribution in [-0.2, 0) is 0 Å². The van der Waals surface area contributed by atoms with Crippen molar-refractivity contribution in [1.29, 1.82) is 0 Å². The lowest BCUT2D eigenvalue weighted by atomic mass is 9.98. The molecule has 15 aromatic rings. The summed E-state index contributed by atoms with van der Waals surface area (Å²) in [5.41, 5.74) is 16.9. The van der Waals surface area contributed by atoms with Crippen molar-refractivity contribution in [3.8, 4) is 55.9 Å². The zero-order valence-electron chi connectivity index (χ0n) is 38.6. The molecular weight excluding hydrogens is 877 g/mol. The molecule has 3 heteroatoms. The Hall–Kier alpha value is -9.02. The third-order valence-corrected chi connectivity index (χ3v) is 16.2. The quantitative estimate of drug-likeness (QED) is 0.157. The molecule has 12 aromatic carbocycles. The van der Waals surface area contributed by atoms with Gasteiger partial charge in [-0.1, -0.05) is 194 Å². The second-order valence-corrected chi connectivity index (χ2v) is 19.8. The first-order valence-electron chi connectivity index (χ1n) is 24.4. The van der Waals surface area contributed by atoms with Gasteiger partial charge in [0.05, 0.1) is 22.1 Å². The van der Waals surface area contributed by atoms with Crippen LogP contribution in [0.2, 0.25) is 0 Å². The van der Waals surface area contributed by atoms with Crippen molar-refractivity contribution in [3.63, 3.8) is 0 Å². The van der Waals surface area contributed by atoms with Crippen LogP contribution in [0.3, 0.4) is 0 Å². The number of thiophene rings is 1. The van der Waals surface area contributed by atoms with Gasteiger partial charge in [0.15, 0.2) is 0 Å². The molecule has 0 saturated heterocycles. The molecule has 0 aliphatic rings. The minimum atomic E-state index is 1.15. The highest BCUT2D eigenvalue weighted by Crippen LogP contribution is 2.49. The first-order valence-corrected chi connectivity index (χ1v) is 25.2. The van der Waals surface area contributed by atoms with Gasteiger partial charge in [-0.25, -0.2) is 0 Å². The fourth-order valence-corrected chi connectivity index (χ4v) is 13.0. The van der Waals surface area contributed by atoms with Crippen LogP contribution < -0.4 is 0 Å². The number of benzene rings is 12. The minimum Gasteiger partial charge on any atom is -0.309 e. The van der Waals surface area contributed by atoms with Crippen LogP contribution in [-0.4, -0.2) is 9.13 Å². The van der Waals surface area contributed by atoms with Gasteiger partial charge >= 0.3 is 0 Å². The number of hydrogen-bond acceptors (Lipinski definition) is 1. The van der Waals surface area contributed by atoms with Gasteiger partial charge in [-0.15, -0.1) is 11.3 Å². The molecule has 0 aliphatic carbocycles. The largest absolute Gasteiger partial charge is 0.309 e. The zero-order valence-corrected chi connectivity index (χ0v) is 39.4. The average molecular weight is 919 g/mol. The number of hydrogen-bond donors (Lipinski definition) is 0. The highest BCUT2D eigenvalue weighted by molar-refractivity contribution is 7.27. The molecule has 0 aliphatic heterocycles. The molecule has 3 aromatic heterocycles. The van der Waals surface area contributed by atoms with E-state index in [1.807, 2.05) is 11.3 Å². The molecule has 0 atom stereocenters. The van der Waals surface area contributed by atoms with Crippen molar-refractivity contribution in [2.75, 3.05) is 0 Å². The summed E-state index contributed by atoms with van der Waals surface area (Å²) in [5, 5.41) is 12.7.